The number of hydrogen-bond donors (Lipinski definition) is 0. The van der Waals surface area contributed by atoms with Crippen molar-refractivity contribution in [1.82, 2.24) is 0 Å². The van der Waals surface area contributed by atoms with Crippen LogP contribution in [0.1, 0.15) is 34.8 Å². The van der Waals surface area contributed by atoms with Crippen LogP contribution in [-0.2, 0) is 23.0 Å². The standard InChI is InChI=1S/C20H19F3O4S2/c1-2-9-29(25,26)27-16-5-8-18-14(12-16)11-15(19(18)24)10-13-3-6-17(7-4-13)28-20(21,22)23/h3-8,12,15H,2,9-11H2,1H3. The minimum absolute atomic E-state index is 0.0586. The quantitative estimate of drug-likeness (QED) is 0.444. The number of hydrogen-bond acceptors (Lipinski definition) is 5. The number of ketones is 1. The van der Waals surface area contributed by atoms with Crippen molar-refractivity contribution in [3.8, 4) is 5.75 Å². The summed E-state index contributed by atoms with van der Waals surface area (Å²) < 4.78 is 66.0. The molecule has 1 unspecified atom stereocenters. The number of rotatable bonds is 7. The third-order valence-corrected chi connectivity index (χ3v) is 6.59. The monoisotopic (exact) mass is 444 g/mol. The molecule has 4 nitrogen and oxygen atoms in total. The Bertz CT molecular complexity index is 999. The lowest BCUT2D eigenvalue weighted by atomic mass is 9.96. The second-order valence-corrected chi connectivity index (χ2v) is 9.65. The molecule has 2 aromatic rings. The average molecular weight is 444 g/mol. The fourth-order valence-electron chi connectivity index (χ4n) is 3.32. The van der Waals surface area contributed by atoms with Crippen LogP contribution in [0.15, 0.2) is 47.4 Å². The van der Waals surface area contributed by atoms with Gasteiger partial charge in [0, 0.05) is 16.4 Å². The molecule has 29 heavy (non-hydrogen) atoms. The number of fused-ring (bicyclic) bond motifs is 1. The predicted octanol–water partition coefficient (Wildman–Crippen LogP) is 5.01. The van der Waals surface area contributed by atoms with Crippen LogP contribution in [0.5, 0.6) is 5.75 Å². The van der Waals surface area contributed by atoms with Crippen LogP contribution in [0, 0.1) is 5.92 Å². The van der Waals surface area contributed by atoms with Crippen molar-refractivity contribution in [3.05, 3.63) is 59.2 Å². The Morgan fingerprint density at radius 1 is 1.14 bits per heavy atom. The SMILES string of the molecule is CCCS(=O)(=O)Oc1ccc2c(c1)CC(Cc1ccc(SC(F)(F)F)cc1)C2=O. The summed E-state index contributed by atoms with van der Waals surface area (Å²) in [5.74, 6) is -0.307. The molecule has 1 aliphatic rings. The van der Waals surface area contributed by atoms with Crippen LogP contribution in [0.25, 0.3) is 0 Å². The van der Waals surface area contributed by atoms with Crippen molar-refractivity contribution in [2.75, 3.05) is 5.75 Å². The Labute approximate surface area is 171 Å². The van der Waals surface area contributed by atoms with Gasteiger partial charge in [0.25, 0.3) is 0 Å². The topological polar surface area (TPSA) is 60.4 Å². The fourth-order valence-corrected chi connectivity index (χ4v) is 4.84. The molecule has 0 amide bonds. The number of benzene rings is 2. The van der Waals surface area contributed by atoms with Crippen molar-refractivity contribution >= 4 is 27.7 Å². The first-order chi connectivity index (χ1) is 13.6. The smallest absolute Gasteiger partial charge is 0.382 e. The molecule has 0 aromatic heterocycles. The number of Topliss-reactive ketones (excluding diaryl/α,β-unsaturated/α-hetero) is 1. The highest BCUT2D eigenvalue weighted by molar-refractivity contribution is 8.00. The minimum Gasteiger partial charge on any atom is -0.382 e. The average Bonchev–Trinajstić information content (AvgIpc) is 2.90. The Morgan fingerprint density at radius 2 is 1.83 bits per heavy atom. The van der Waals surface area contributed by atoms with E-state index in [0.717, 1.165) is 5.56 Å². The van der Waals surface area contributed by atoms with Crippen molar-refractivity contribution in [2.24, 2.45) is 5.92 Å². The Kier molecular flexibility index (Phi) is 6.28. The maximum atomic E-state index is 12.6. The highest BCUT2D eigenvalue weighted by Gasteiger charge is 2.32. The summed E-state index contributed by atoms with van der Waals surface area (Å²) in [4.78, 5) is 12.7. The summed E-state index contributed by atoms with van der Waals surface area (Å²) in [6.07, 6.45) is 1.27. The Balaban J connectivity index is 1.69. The zero-order valence-electron chi connectivity index (χ0n) is 15.5. The lowest BCUT2D eigenvalue weighted by Gasteiger charge is -2.09. The maximum absolute atomic E-state index is 12.6. The van der Waals surface area contributed by atoms with Gasteiger partial charge >= 0.3 is 15.6 Å². The molecular formula is C20H19F3O4S2. The predicted molar refractivity (Wildman–Crippen MR) is 105 cm³/mol. The van der Waals surface area contributed by atoms with Crippen molar-refractivity contribution in [3.63, 3.8) is 0 Å². The molecule has 0 heterocycles. The fraction of sp³-hybridized carbons (Fsp3) is 0.350. The van der Waals surface area contributed by atoms with E-state index in [9.17, 15) is 26.4 Å². The molecule has 9 heteroatoms. The van der Waals surface area contributed by atoms with Gasteiger partial charge < -0.3 is 4.18 Å². The van der Waals surface area contributed by atoms with Crippen LogP contribution in [0.2, 0.25) is 0 Å². The Morgan fingerprint density at radius 3 is 2.45 bits per heavy atom. The van der Waals surface area contributed by atoms with Gasteiger partial charge in [-0.05, 0) is 72.5 Å². The van der Waals surface area contributed by atoms with Crippen LogP contribution >= 0.6 is 11.8 Å². The van der Waals surface area contributed by atoms with E-state index in [0.29, 0.717) is 30.4 Å². The van der Waals surface area contributed by atoms with Gasteiger partial charge in [0.15, 0.2) is 5.78 Å². The molecule has 0 saturated carbocycles. The van der Waals surface area contributed by atoms with E-state index in [1.54, 1.807) is 31.2 Å². The lowest BCUT2D eigenvalue weighted by Crippen LogP contribution is -2.13. The second-order valence-electron chi connectivity index (χ2n) is 6.83. The van der Waals surface area contributed by atoms with Crippen LogP contribution in [-0.4, -0.2) is 25.5 Å². The highest BCUT2D eigenvalue weighted by Crippen LogP contribution is 2.37. The largest absolute Gasteiger partial charge is 0.446 e. The van der Waals surface area contributed by atoms with Crippen LogP contribution in [0.3, 0.4) is 0 Å². The second kappa shape index (κ2) is 8.39. The summed E-state index contributed by atoms with van der Waals surface area (Å²) in [6.45, 7) is 1.74. The molecule has 1 atom stereocenters. The molecule has 0 N–H and O–H groups in total. The van der Waals surface area contributed by atoms with E-state index in [1.165, 1.54) is 18.2 Å². The third-order valence-electron chi connectivity index (χ3n) is 4.50. The molecule has 0 spiro atoms. The number of carbonyl (C=O) groups excluding carboxylic acids is 1. The Hall–Kier alpha value is -2.00. The molecular weight excluding hydrogens is 425 g/mol. The van der Waals surface area contributed by atoms with Gasteiger partial charge in [0.05, 0.1) is 5.75 Å². The van der Waals surface area contributed by atoms with Crippen molar-refractivity contribution in [2.45, 2.75) is 36.6 Å². The minimum atomic E-state index is -4.34. The normalized spacial score (nSPS) is 16.7. The molecule has 0 radical (unpaired) electrons. The number of carbonyl (C=O) groups is 1. The van der Waals surface area contributed by atoms with Gasteiger partial charge in [-0.25, -0.2) is 0 Å². The molecule has 1 aliphatic carbocycles. The van der Waals surface area contributed by atoms with Gasteiger partial charge in [-0.3, -0.25) is 4.79 Å². The third kappa shape index (κ3) is 5.76. The first-order valence-corrected chi connectivity index (χ1v) is 11.4. The van der Waals surface area contributed by atoms with Gasteiger partial charge in [0.2, 0.25) is 0 Å². The molecule has 0 aliphatic heterocycles. The number of alkyl halides is 3. The molecule has 3 rings (SSSR count). The van der Waals surface area contributed by atoms with E-state index < -0.39 is 15.6 Å². The van der Waals surface area contributed by atoms with E-state index in [4.69, 9.17) is 4.18 Å². The molecule has 2 aromatic carbocycles. The maximum Gasteiger partial charge on any atom is 0.446 e. The first kappa shape index (κ1) is 21.7. The molecule has 0 saturated heterocycles. The molecule has 0 bridgehead atoms. The van der Waals surface area contributed by atoms with Crippen molar-refractivity contribution in [1.29, 1.82) is 0 Å². The van der Waals surface area contributed by atoms with E-state index in [-0.39, 0.29) is 39.9 Å². The van der Waals surface area contributed by atoms with E-state index >= 15 is 0 Å². The zero-order chi connectivity index (χ0) is 21.2. The van der Waals surface area contributed by atoms with Crippen molar-refractivity contribution < 1.29 is 30.6 Å². The van der Waals surface area contributed by atoms with Gasteiger partial charge in [-0.2, -0.15) is 21.6 Å². The first-order valence-electron chi connectivity index (χ1n) is 9.00. The zero-order valence-corrected chi connectivity index (χ0v) is 17.2. The van der Waals surface area contributed by atoms with Crippen LogP contribution in [0.4, 0.5) is 13.2 Å². The van der Waals surface area contributed by atoms with Gasteiger partial charge in [-0.15, -0.1) is 0 Å². The summed E-state index contributed by atoms with van der Waals surface area (Å²) in [5, 5.41) is 0. The number of thioether (sulfide) groups is 1. The van der Waals surface area contributed by atoms with Gasteiger partial charge in [0.1, 0.15) is 5.75 Å². The van der Waals surface area contributed by atoms with E-state index in [2.05, 4.69) is 0 Å². The van der Waals surface area contributed by atoms with E-state index in [1.807, 2.05) is 0 Å². The lowest BCUT2D eigenvalue weighted by molar-refractivity contribution is -0.0328. The molecule has 156 valence electrons. The molecule has 0 fully saturated rings. The van der Waals surface area contributed by atoms with Crippen LogP contribution < -0.4 is 4.18 Å². The summed E-state index contributed by atoms with van der Waals surface area (Å²) in [7, 11) is -3.66. The number of halogens is 3. The summed E-state index contributed by atoms with van der Waals surface area (Å²) in [5.41, 5.74) is -2.33. The summed E-state index contributed by atoms with van der Waals surface area (Å²) in [6, 6.07) is 10.6. The summed E-state index contributed by atoms with van der Waals surface area (Å²) >= 11 is -0.178. The highest BCUT2D eigenvalue weighted by atomic mass is 32.2. The van der Waals surface area contributed by atoms with Gasteiger partial charge in [-0.1, -0.05) is 19.1 Å².